The van der Waals surface area contributed by atoms with E-state index in [9.17, 15) is 9.90 Å². The summed E-state index contributed by atoms with van der Waals surface area (Å²) in [5.74, 6) is -0.254. The van der Waals surface area contributed by atoms with E-state index in [0.29, 0.717) is 48.6 Å². The SMILES string of the molecule is C1CCCC1.CC(O)CC1COCC(C)N1c1ccc(C(=N)c2cc(C(=O)NCc3ccccn3)ccc2N)cc1. The number of carbonyl (C=O) groups excluding carboxylic acids is 1. The number of aromatic nitrogens is 1. The normalized spacial score (nSPS) is 19.1. The molecule has 3 atom stereocenters. The first-order valence-corrected chi connectivity index (χ1v) is 14.6. The zero-order chi connectivity index (χ0) is 29.2. The molecule has 5 N–H and O–H groups in total. The molecular formula is C33H43N5O3. The first kappa shape index (κ1) is 30.2. The van der Waals surface area contributed by atoms with E-state index >= 15 is 0 Å². The maximum Gasteiger partial charge on any atom is 0.251 e. The van der Waals surface area contributed by atoms with Gasteiger partial charge in [0.1, 0.15) is 0 Å². The number of hydrogen-bond acceptors (Lipinski definition) is 7. The molecule has 2 aliphatic rings. The van der Waals surface area contributed by atoms with Crippen LogP contribution in [0.5, 0.6) is 0 Å². The lowest BCUT2D eigenvalue weighted by atomic mass is 9.97. The van der Waals surface area contributed by atoms with Gasteiger partial charge in [-0.2, -0.15) is 0 Å². The second kappa shape index (κ2) is 14.8. The number of aliphatic hydroxyl groups is 1. The molecule has 1 aromatic heterocycles. The smallest absolute Gasteiger partial charge is 0.251 e. The molecule has 8 heteroatoms. The van der Waals surface area contributed by atoms with Gasteiger partial charge < -0.3 is 25.8 Å². The van der Waals surface area contributed by atoms with Gasteiger partial charge in [0.15, 0.2) is 0 Å². The Morgan fingerprint density at radius 2 is 1.76 bits per heavy atom. The van der Waals surface area contributed by atoms with Crippen LogP contribution in [0.1, 0.15) is 79.6 Å². The number of hydrogen-bond donors (Lipinski definition) is 4. The molecule has 1 saturated heterocycles. The number of pyridine rings is 1. The number of aliphatic hydroxyl groups excluding tert-OH is 1. The van der Waals surface area contributed by atoms with E-state index in [0.717, 1.165) is 11.4 Å². The third-order valence-corrected chi connectivity index (χ3v) is 7.60. The molecule has 3 aromatic rings. The number of benzene rings is 2. The lowest BCUT2D eigenvalue weighted by Crippen LogP contribution is -2.52. The molecule has 41 heavy (non-hydrogen) atoms. The van der Waals surface area contributed by atoms with Crippen LogP contribution in [0.4, 0.5) is 11.4 Å². The molecule has 2 aromatic carbocycles. The van der Waals surface area contributed by atoms with Gasteiger partial charge in [-0.15, -0.1) is 0 Å². The molecule has 218 valence electrons. The summed E-state index contributed by atoms with van der Waals surface area (Å²) in [6.45, 7) is 5.40. The van der Waals surface area contributed by atoms with E-state index in [1.165, 1.54) is 32.1 Å². The number of carbonyl (C=O) groups is 1. The highest BCUT2D eigenvalue weighted by Crippen LogP contribution is 2.27. The van der Waals surface area contributed by atoms with Crippen LogP contribution in [0, 0.1) is 5.41 Å². The van der Waals surface area contributed by atoms with Crippen LogP contribution in [0.15, 0.2) is 66.9 Å². The van der Waals surface area contributed by atoms with Crippen molar-refractivity contribution in [3.63, 3.8) is 0 Å². The van der Waals surface area contributed by atoms with Crippen LogP contribution in [-0.2, 0) is 11.3 Å². The summed E-state index contributed by atoms with van der Waals surface area (Å²) in [6, 6.07) is 18.5. The van der Waals surface area contributed by atoms with Gasteiger partial charge in [-0.25, -0.2) is 0 Å². The lowest BCUT2D eigenvalue weighted by molar-refractivity contribution is 0.0530. The summed E-state index contributed by atoms with van der Waals surface area (Å²) < 4.78 is 5.72. The van der Waals surface area contributed by atoms with Gasteiger partial charge >= 0.3 is 0 Å². The maximum absolute atomic E-state index is 12.7. The number of nitrogen functional groups attached to an aromatic ring is 1. The van der Waals surface area contributed by atoms with Crippen molar-refractivity contribution in [2.45, 2.75) is 77.1 Å². The van der Waals surface area contributed by atoms with Crippen molar-refractivity contribution in [2.24, 2.45) is 0 Å². The van der Waals surface area contributed by atoms with Gasteiger partial charge in [0.05, 0.1) is 43.3 Å². The fraction of sp³-hybridized carbons (Fsp3) is 0.424. The van der Waals surface area contributed by atoms with Gasteiger partial charge in [0, 0.05) is 40.3 Å². The van der Waals surface area contributed by atoms with E-state index in [4.69, 9.17) is 15.9 Å². The lowest BCUT2D eigenvalue weighted by Gasteiger charge is -2.42. The van der Waals surface area contributed by atoms with Gasteiger partial charge in [-0.05, 0) is 62.7 Å². The molecule has 8 nitrogen and oxygen atoms in total. The third kappa shape index (κ3) is 8.38. The molecule has 1 aliphatic heterocycles. The molecule has 1 aliphatic carbocycles. The molecule has 5 rings (SSSR count). The van der Waals surface area contributed by atoms with Gasteiger partial charge in [-0.3, -0.25) is 15.2 Å². The molecule has 1 amide bonds. The molecule has 1 saturated carbocycles. The molecule has 0 radical (unpaired) electrons. The average Bonchev–Trinajstić information content (AvgIpc) is 3.57. The van der Waals surface area contributed by atoms with Crippen molar-refractivity contribution in [3.05, 3.63) is 89.2 Å². The van der Waals surface area contributed by atoms with E-state index in [1.807, 2.05) is 42.5 Å². The predicted molar refractivity (Wildman–Crippen MR) is 165 cm³/mol. The topological polar surface area (TPSA) is 125 Å². The largest absolute Gasteiger partial charge is 0.398 e. The Hall–Kier alpha value is -3.75. The Morgan fingerprint density at radius 1 is 1.07 bits per heavy atom. The van der Waals surface area contributed by atoms with Crippen LogP contribution in [0.25, 0.3) is 0 Å². The Kier molecular flexibility index (Phi) is 10.9. The van der Waals surface area contributed by atoms with Crippen LogP contribution in [-0.4, -0.2) is 53.1 Å². The number of morpholine rings is 1. The minimum Gasteiger partial charge on any atom is -0.398 e. The maximum atomic E-state index is 12.7. The highest BCUT2D eigenvalue weighted by molar-refractivity contribution is 6.15. The van der Waals surface area contributed by atoms with Crippen molar-refractivity contribution in [3.8, 4) is 0 Å². The number of amides is 1. The Balaban J connectivity index is 0.000000699. The highest BCUT2D eigenvalue weighted by atomic mass is 16.5. The molecule has 3 unspecified atom stereocenters. The van der Waals surface area contributed by atoms with Crippen LogP contribution >= 0.6 is 0 Å². The van der Waals surface area contributed by atoms with Crippen molar-refractivity contribution in [2.75, 3.05) is 23.8 Å². The van der Waals surface area contributed by atoms with Gasteiger partial charge in [-0.1, -0.05) is 50.3 Å². The first-order valence-electron chi connectivity index (χ1n) is 14.6. The van der Waals surface area contributed by atoms with Crippen molar-refractivity contribution in [1.82, 2.24) is 10.3 Å². The summed E-state index contributed by atoms with van der Waals surface area (Å²) in [5.41, 5.74) is 10.3. The summed E-state index contributed by atoms with van der Waals surface area (Å²) >= 11 is 0. The fourth-order valence-electron chi connectivity index (χ4n) is 5.47. The highest BCUT2D eigenvalue weighted by Gasteiger charge is 2.29. The standard InChI is InChI=1S/C28H33N5O3.C5H10/c1-18-16-36-17-24(13-19(2)34)33(18)23-9-6-20(7-10-23)27(30)25-14-21(8-11-26(25)29)28(35)32-15-22-5-3-4-12-31-22;1-2-4-5-3-1/h3-12,14,18-19,24,30,34H,13,15-17,29H2,1-2H3,(H,32,35);1-5H2. The molecule has 0 bridgehead atoms. The van der Waals surface area contributed by atoms with E-state index < -0.39 is 6.10 Å². The monoisotopic (exact) mass is 557 g/mol. The predicted octanol–water partition coefficient (Wildman–Crippen LogP) is 5.33. The average molecular weight is 558 g/mol. The third-order valence-electron chi connectivity index (χ3n) is 7.60. The molecule has 0 spiro atoms. The number of nitrogens with zero attached hydrogens (tertiary/aromatic N) is 2. The fourth-order valence-corrected chi connectivity index (χ4v) is 5.47. The summed E-state index contributed by atoms with van der Waals surface area (Å²) in [4.78, 5) is 19.2. The van der Waals surface area contributed by atoms with Crippen LogP contribution in [0.2, 0.25) is 0 Å². The molecule has 2 fully saturated rings. The number of rotatable bonds is 8. The second-order valence-electron chi connectivity index (χ2n) is 11.0. The van der Waals surface area contributed by atoms with Crippen molar-refractivity contribution < 1.29 is 14.6 Å². The summed E-state index contributed by atoms with van der Waals surface area (Å²) in [6.07, 6.45) is 9.38. The van der Waals surface area contributed by atoms with Crippen molar-refractivity contribution in [1.29, 1.82) is 5.41 Å². The molecular weight excluding hydrogens is 514 g/mol. The Morgan fingerprint density at radius 3 is 2.39 bits per heavy atom. The first-order chi connectivity index (χ1) is 19.8. The van der Waals surface area contributed by atoms with Gasteiger partial charge in [0.2, 0.25) is 0 Å². The summed E-state index contributed by atoms with van der Waals surface area (Å²) in [7, 11) is 0. The number of nitrogens with one attached hydrogen (secondary N) is 2. The Bertz CT molecular complexity index is 1270. The summed E-state index contributed by atoms with van der Waals surface area (Å²) in [5, 5.41) is 21.6. The number of anilines is 2. The zero-order valence-corrected chi connectivity index (χ0v) is 24.2. The minimum atomic E-state index is -0.421. The van der Waals surface area contributed by atoms with Crippen LogP contribution < -0.4 is 16.0 Å². The van der Waals surface area contributed by atoms with E-state index in [-0.39, 0.29) is 23.7 Å². The molecule has 2 heterocycles. The zero-order valence-electron chi connectivity index (χ0n) is 24.2. The number of ether oxygens (including phenoxy) is 1. The van der Waals surface area contributed by atoms with E-state index in [2.05, 4.69) is 22.1 Å². The van der Waals surface area contributed by atoms with Crippen LogP contribution in [0.3, 0.4) is 0 Å². The Labute approximate surface area is 243 Å². The quantitative estimate of drug-likeness (QED) is 0.219. The minimum absolute atomic E-state index is 0.0796. The van der Waals surface area contributed by atoms with E-state index in [1.54, 1.807) is 31.3 Å². The second-order valence-corrected chi connectivity index (χ2v) is 11.0. The number of nitrogens with two attached hydrogens (primary N) is 1. The van der Waals surface area contributed by atoms with Crippen molar-refractivity contribution >= 4 is 23.0 Å². The van der Waals surface area contributed by atoms with Gasteiger partial charge in [0.25, 0.3) is 5.91 Å².